The highest BCUT2D eigenvalue weighted by Crippen LogP contribution is 2.34. The Morgan fingerprint density at radius 1 is 1.00 bits per heavy atom. The maximum atomic E-state index is 11.6. The van der Waals surface area contributed by atoms with E-state index in [-0.39, 0.29) is 0 Å². The van der Waals surface area contributed by atoms with Gasteiger partial charge in [0, 0.05) is 18.2 Å². The Morgan fingerprint density at radius 3 is 2.12 bits per heavy atom. The van der Waals surface area contributed by atoms with Crippen LogP contribution in [0.2, 0.25) is 0 Å². The lowest BCUT2D eigenvalue weighted by molar-refractivity contribution is -0.139. The fourth-order valence-corrected chi connectivity index (χ4v) is 2.44. The van der Waals surface area contributed by atoms with Gasteiger partial charge in [0.05, 0.1) is 21.3 Å². The van der Waals surface area contributed by atoms with Gasteiger partial charge in [-0.1, -0.05) is 30.3 Å². The van der Waals surface area contributed by atoms with E-state index in [2.05, 4.69) is 5.32 Å². The van der Waals surface area contributed by atoms with Crippen molar-refractivity contribution >= 4 is 5.97 Å². The second-order valence-corrected chi connectivity index (χ2v) is 5.08. The van der Waals surface area contributed by atoms with Gasteiger partial charge in [0.15, 0.2) is 11.5 Å². The van der Waals surface area contributed by atoms with Crippen LogP contribution in [0, 0.1) is 0 Å². The van der Waals surface area contributed by atoms with Gasteiger partial charge in [-0.2, -0.15) is 0 Å². The molecular formula is C18H21NO5. The van der Waals surface area contributed by atoms with Crippen molar-refractivity contribution in [3.05, 3.63) is 53.6 Å². The molecule has 6 heteroatoms. The fourth-order valence-electron chi connectivity index (χ4n) is 2.44. The van der Waals surface area contributed by atoms with Gasteiger partial charge in [0.2, 0.25) is 0 Å². The standard InChI is InChI=1S/C18H21NO5/c1-22-14-10-16(24-3)15(23-2)9-13(14)11-19-17(18(20)21)12-7-5-4-6-8-12/h4-10,17,19H,11H2,1-3H3,(H,20,21)/t17-/m0/s1. The van der Waals surface area contributed by atoms with Crippen molar-refractivity contribution in [1.29, 1.82) is 0 Å². The molecule has 0 aliphatic heterocycles. The van der Waals surface area contributed by atoms with Crippen molar-refractivity contribution in [1.82, 2.24) is 5.32 Å². The molecule has 0 spiro atoms. The highest BCUT2D eigenvalue weighted by molar-refractivity contribution is 5.75. The molecule has 128 valence electrons. The van der Waals surface area contributed by atoms with Gasteiger partial charge in [-0.3, -0.25) is 10.1 Å². The highest BCUT2D eigenvalue weighted by atomic mass is 16.5. The molecule has 0 heterocycles. The molecule has 0 saturated heterocycles. The van der Waals surface area contributed by atoms with Crippen LogP contribution < -0.4 is 19.5 Å². The highest BCUT2D eigenvalue weighted by Gasteiger charge is 2.20. The SMILES string of the molecule is COc1cc(OC)c(OC)cc1CN[C@H](C(=O)O)c1ccccc1. The van der Waals surface area contributed by atoms with Crippen LogP contribution in [0.25, 0.3) is 0 Å². The summed E-state index contributed by atoms with van der Waals surface area (Å²) in [6, 6.07) is 11.7. The average Bonchev–Trinajstić information content (AvgIpc) is 2.61. The number of hydrogen-bond donors (Lipinski definition) is 2. The molecule has 24 heavy (non-hydrogen) atoms. The Bertz CT molecular complexity index is 687. The van der Waals surface area contributed by atoms with E-state index in [1.807, 2.05) is 18.2 Å². The second-order valence-electron chi connectivity index (χ2n) is 5.08. The number of ether oxygens (including phenoxy) is 3. The van der Waals surface area contributed by atoms with Crippen LogP contribution in [0.5, 0.6) is 17.2 Å². The molecular weight excluding hydrogens is 310 g/mol. The van der Waals surface area contributed by atoms with Crippen molar-refractivity contribution < 1.29 is 24.1 Å². The number of carbonyl (C=O) groups is 1. The smallest absolute Gasteiger partial charge is 0.325 e. The molecule has 0 radical (unpaired) electrons. The Hall–Kier alpha value is -2.73. The Labute approximate surface area is 141 Å². The van der Waals surface area contributed by atoms with Crippen molar-refractivity contribution in [3.8, 4) is 17.2 Å². The summed E-state index contributed by atoms with van der Waals surface area (Å²) in [5, 5.41) is 12.5. The van der Waals surface area contributed by atoms with Gasteiger partial charge in [-0.05, 0) is 11.6 Å². The quantitative estimate of drug-likeness (QED) is 0.774. The number of rotatable bonds is 8. The first-order chi connectivity index (χ1) is 11.6. The Morgan fingerprint density at radius 2 is 1.58 bits per heavy atom. The number of benzene rings is 2. The molecule has 0 saturated carbocycles. The van der Waals surface area contributed by atoms with E-state index in [0.29, 0.717) is 29.4 Å². The maximum Gasteiger partial charge on any atom is 0.325 e. The molecule has 0 bridgehead atoms. The predicted molar refractivity (Wildman–Crippen MR) is 89.8 cm³/mol. The minimum atomic E-state index is -0.944. The molecule has 0 unspecified atom stereocenters. The van der Waals surface area contributed by atoms with Crippen molar-refractivity contribution in [3.63, 3.8) is 0 Å². The van der Waals surface area contributed by atoms with E-state index >= 15 is 0 Å². The summed E-state index contributed by atoms with van der Waals surface area (Å²) in [4.78, 5) is 11.6. The van der Waals surface area contributed by atoms with Crippen LogP contribution in [0.1, 0.15) is 17.2 Å². The van der Waals surface area contributed by atoms with Crippen molar-refractivity contribution in [2.24, 2.45) is 0 Å². The van der Waals surface area contributed by atoms with Crippen LogP contribution in [-0.2, 0) is 11.3 Å². The van der Waals surface area contributed by atoms with Gasteiger partial charge in [-0.15, -0.1) is 0 Å². The van der Waals surface area contributed by atoms with E-state index < -0.39 is 12.0 Å². The molecule has 0 amide bonds. The largest absolute Gasteiger partial charge is 0.496 e. The second kappa shape index (κ2) is 8.21. The third-order valence-electron chi connectivity index (χ3n) is 3.66. The van der Waals surface area contributed by atoms with Crippen LogP contribution in [0.15, 0.2) is 42.5 Å². The molecule has 2 aromatic rings. The van der Waals surface area contributed by atoms with E-state index in [1.54, 1.807) is 45.6 Å². The molecule has 0 fully saturated rings. The van der Waals surface area contributed by atoms with Gasteiger partial charge in [0.1, 0.15) is 11.8 Å². The van der Waals surface area contributed by atoms with E-state index in [4.69, 9.17) is 14.2 Å². The number of methoxy groups -OCH3 is 3. The normalized spacial score (nSPS) is 11.6. The monoisotopic (exact) mass is 331 g/mol. The zero-order valence-corrected chi connectivity index (χ0v) is 13.9. The lowest BCUT2D eigenvalue weighted by Crippen LogP contribution is -2.28. The zero-order chi connectivity index (χ0) is 17.5. The predicted octanol–water partition coefficient (Wildman–Crippen LogP) is 2.63. The Balaban J connectivity index is 2.24. The molecule has 6 nitrogen and oxygen atoms in total. The van der Waals surface area contributed by atoms with Crippen molar-refractivity contribution in [2.45, 2.75) is 12.6 Å². The summed E-state index contributed by atoms with van der Waals surface area (Å²) >= 11 is 0. The van der Waals surface area contributed by atoms with Gasteiger partial charge < -0.3 is 19.3 Å². The lowest BCUT2D eigenvalue weighted by atomic mass is 10.1. The third kappa shape index (κ3) is 3.97. The molecule has 1 atom stereocenters. The molecule has 0 aliphatic carbocycles. The van der Waals surface area contributed by atoms with Crippen LogP contribution in [-0.4, -0.2) is 32.4 Å². The van der Waals surface area contributed by atoms with E-state index in [0.717, 1.165) is 5.56 Å². The number of carboxylic acids is 1. The molecule has 0 aliphatic rings. The van der Waals surface area contributed by atoms with Crippen LogP contribution >= 0.6 is 0 Å². The number of hydrogen-bond acceptors (Lipinski definition) is 5. The summed E-state index contributed by atoms with van der Waals surface area (Å²) < 4.78 is 15.9. The number of aliphatic carboxylic acids is 1. The molecule has 2 N–H and O–H groups in total. The maximum absolute atomic E-state index is 11.6. The molecule has 2 rings (SSSR count). The van der Waals surface area contributed by atoms with Crippen LogP contribution in [0.3, 0.4) is 0 Å². The molecule has 0 aromatic heterocycles. The van der Waals surface area contributed by atoms with Crippen molar-refractivity contribution in [2.75, 3.05) is 21.3 Å². The number of carboxylic acid groups (broad SMARTS) is 1. The van der Waals surface area contributed by atoms with Crippen LogP contribution in [0.4, 0.5) is 0 Å². The minimum absolute atomic E-state index is 0.301. The fraction of sp³-hybridized carbons (Fsp3) is 0.278. The minimum Gasteiger partial charge on any atom is -0.496 e. The molecule has 2 aromatic carbocycles. The average molecular weight is 331 g/mol. The summed E-state index contributed by atoms with van der Waals surface area (Å²) in [5.74, 6) is 0.760. The zero-order valence-electron chi connectivity index (χ0n) is 13.9. The summed E-state index contributed by atoms with van der Waals surface area (Å²) in [6.45, 7) is 0.301. The number of nitrogens with one attached hydrogen (secondary N) is 1. The van der Waals surface area contributed by atoms with E-state index in [9.17, 15) is 9.90 Å². The first-order valence-corrected chi connectivity index (χ1v) is 7.40. The first-order valence-electron chi connectivity index (χ1n) is 7.40. The van der Waals surface area contributed by atoms with Gasteiger partial charge >= 0.3 is 5.97 Å². The summed E-state index contributed by atoms with van der Waals surface area (Å²) in [6.07, 6.45) is 0. The first kappa shape index (κ1) is 17.6. The summed E-state index contributed by atoms with van der Waals surface area (Å²) in [7, 11) is 4.65. The Kier molecular flexibility index (Phi) is 6.03. The van der Waals surface area contributed by atoms with Gasteiger partial charge in [0.25, 0.3) is 0 Å². The van der Waals surface area contributed by atoms with E-state index in [1.165, 1.54) is 0 Å². The third-order valence-corrected chi connectivity index (χ3v) is 3.66. The topological polar surface area (TPSA) is 77.0 Å². The van der Waals surface area contributed by atoms with Gasteiger partial charge in [-0.25, -0.2) is 0 Å². The summed E-state index contributed by atoms with van der Waals surface area (Å²) in [5.41, 5.74) is 1.46. The lowest BCUT2D eigenvalue weighted by Gasteiger charge is -2.18.